The predicted octanol–water partition coefficient (Wildman–Crippen LogP) is 1.70. The molecule has 142 valence electrons. The van der Waals surface area contributed by atoms with Crippen LogP contribution in [0.3, 0.4) is 0 Å². The van der Waals surface area contributed by atoms with E-state index in [0.717, 1.165) is 30.5 Å². The average Bonchev–Trinajstić information content (AvgIpc) is 3.18. The van der Waals surface area contributed by atoms with Gasteiger partial charge in [-0.2, -0.15) is 5.10 Å². The number of rotatable bonds is 2. The van der Waals surface area contributed by atoms with Crippen LogP contribution in [-0.4, -0.2) is 52.2 Å². The van der Waals surface area contributed by atoms with Gasteiger partial charge in [0.2, 0.25) is 0 Å². The van der Waals surface area contributed by atoms with Crippen LogP contribution in [0.5, 0.6) is 5.75 Å². The Balaban J connectivity index is 1.55. The number of carbonyl (C=O) groups excluding carboxylic acids is 2. The molecule has 3 heterocycles. The minimum absolute atomic E-state index is 0.0184. The summed E-state index contributed by atoms with van der Waals surface area (Å²) in [5.41, 5.74) is 2.67. The normalized spacial score (nSPS) is 21.7. The predicted molar refractivity (Wildman–Crippen MR) is 100.0 cm³/mol. The second kappa shape index (κ2) is 6.40. The molecule has 0 saturated carbocycles. The van der Waals surface area contributed by atoms with Gasteiger partial charge in [0.25, 0.3) is 11.8 Å². The van der Waals surface area contributed by atoms with Gasteiger partial charge in [-0.1, -0.05) is 6.07 Å². The fraction of sp³-hybridized carbons (Fsp3) is 0.450. The first-order valence-corrected chi connectivity index (χ1v) is 9.20. The van der Waals surface area contributed by atoms with Crippen molar-refractivity contribution >= 4 is 11.8 Å². The van der Waals surface area contributed by atoms with Crippen LogP contribution in [-0.2, 0) is 13.5 Å². The van der Waals surface area contributed by atoms with Crippen molar-refractivity contribution in [1.82, 2.24) is 20.0 Å². The lowest BCUT2D eigenvalue weighted by Gasteiger charge is -2.29. The van der Waals surface area contributed by atoms with E-state index in [9.17, 15) is 9.59 Å². The summed E-state index contributed by atoms with van der Waals surface area (Å²) in [4.78, 5) is 27.6. The van der Waals surface area contributed by atoms with Gasteiger partial charge in [-0.05, 0) is 43.9 Å². The van der Waals surface area contributed by atoms with Crippen molar-refractivity contribution in [2.75, 3.05) is 20.2 Å². The van der Waals surface area contributed by atoms with Crippen LogP contribution in [0, 0.1) is 6.92 Å². The van der Waals surface area contributed by atoms with Gasteiger partial charge >= 0.3 is 0 Å². The van der Waals surface area contributed by atoms with Crippen LogP contribution in [0.2, 0.25) is 0 Å². The van der Waals surface area contributed by atoms with Gasteiger partial charge in [-0.25, -0.2) is 0 Å². The zero-order chi connectivity index (χ0) is 19.2. The molecule has 1 atom stereocenters. The van der Waals surface area contributed by atoms with E-state index in [1.165, 1.54) is 0 Å². The van der Waals surface area contributed by atoms with Gasteiger partial charge in [0.1, 0.15) is 5.75 Å². The van der Waals surface area contributed by atoms with Gasteiger partial charge < -0.3 is 15.0 Å². The van der Waals surface area contributed by atoms with Crippen LogP contribution in [0.15, 0.2) is 24.4 Å². The summed E-state index contributed by atoms with van der Waals surface area (Å²) >= 11 is 0. The van der Waals surface area contributed by atoms with Crippen LogP contribution < -0.4 is 10.1 Å². The molecule has 1 aromatic heterocycles. The van der Waals surface area contributed by atoms with E-state index in [1.807, 2.05) is 31.0 Å². The van der Waals surface area contributed by atoms with E-state index in [4.69, 9.17) is 4.74 Å². The number of nitrogens with zero attached hydrogens (tertiary/aromatic N) is 3. The van der Waals surface area contributed by atoms with E-state index in [0.29, 0.717) is 30.0 Å². The molecule has 0 unspecified atom stereocenters. The first-order chi connectivity index (χ1) is 12.9. The van der Waals surface area contributed by atoms with E-state index in [2.05, 4.69) is 10.4 Å². The summed E-state index contributed by atoms with van der Waals surface area (Å²) in [5.74, 6) is 0.568. The summed E-state index contributed by atoms with van der Waals surface area (Å²) in [6.45, 7) is 3.00. The largest absolute Gasteiger partial charge is 0.497 e. The molecule has 1 saturated heterocycles. The first-order valence-electron chi connectivity index (χ1n) is 9.20. The number of methoxy groups -OCH3 is 1. The second-order valence-corrected chi connectivity index (χ2v) is 7.54. The van der Waals surface area contributed by atoms with Crippen LogP contribution >= 0.6 is 0 Å². The number of carbonyl (C=O) groups is 2. The topological polar surface area (TPSA) is 76.5 Å². The Labute approximate surface area is 158 Å². The number of aryl methyl sites for hydroxylation is 3. The fourth-order valence-corrected chi connectivity index (χ4v) is 4.19. The molecule has 7 heteroatoms. The fourth-order valence-electron chi connectivity index (χ4n) is 4.19. The maximum Gasteiger partial charge on any atom is 0.257 e. The lowest BCUT2D eigenvalue weighted by Crippen LogP contribution is -2.50. The standard InChI is InChI=1S/C20H24N4O3/c1-13-17(11-23(2)22-13)19(26)24-9-8-20(12-24)7-6-14-4-5-15(27-3)10-16(14)18(25)21-20/h4-5,10-11H,6-9,12H2,1-3H3,(H,21,25)/t20-/m0/s1. The third-order valence-electron chi connectivity index (χ3n) is 5.70. The number of ether oxygens (including phenoxy) is 1. The first kappa shape index (κ1) is 17.6. The van der Waals surface area contributed by atoms with Gasteiger partial charge in [0.05, 0.1) is 23.9 Å². The number of aromatic nitrogens is 2. The minimum Gasteiger partial charge on any atom is -0.497 e. The van der Waals surface area contributed by atoms with Crippen LogP contribution in [0.4, 0.5) is 0 Å². The molecule has 2 amide bonds. The van der Waals surface area contributed by atoms with E-state index in [-0.39, 0.29) is 17.4 Å². The molecule has 1 aromatic carbocycles. The summed E-state index contributed by atoms with van der Waals surface area (Å²) in [6.07, 6.45) is 4.13. The molecule has 1 spiro atoms. The zero-order valence-corrected chi connectivity index (χ0v) is 15.9. The molecule has 1 N–H and O–H groups in total. The van der Waals surface area contributed by atoms with Crippen molar-refractivity contribution in [2.45, 2.75) is 31.7 Å². The van der Waals surface area contributed by atoms with Crippen molar-refractivity contribution in [3.8, 4) is 5.75 Å². The number of likely N-dealkylation sites (tertiary alicyclic amines) is 1. The number of hydrogen-bond donors (Lipinski definition) is 1. The van der Waals surface area contributed by atoms with Crippen LogP contribution in [0.1, 0.15) is 44.8 Å². The highest BCUT2D eigenvalue weighted by Gasteiger charge is 2.43. The number of amides is 2. The zero-order valence-electron chi connectivity index (χ0n) is 15.9. The monoisotopic (exact) mass is 368 g/mol. The Morgan fingerprint density at radius 2 is 2.15 bits per heavy atom. The molecule has 0 radical (unpaired) electrons. The summed E-state index contributed by atoms with van der Waals surface area (Å²) in [5, 5.41) is 7.47. The Kier molecular flexibility index (Phi) is 4.17. The number of benzene rings is 1. The molecule has 2 aliphatic rings. The molecular formula is C20H24N4O3. The highest BCUT2D eigenvalue weighted by Crippen LogP contribution is 2.32. The van der Waals surface area contributed by atoms with Gasteiger partial charge in [0, 0.05) is 31.9 Å². The molecule has 7 nitrogen and oxygen atoms in total. The molecule has 2 aromatic rings. The lowest BCUT2D eigenvalue weighted by atomic mass is 9.91. The van der Waals surface area contributed by atoms with Crippen molar-refractivity contribution in [3.63, 3.8) is 0 Å². The SMILES string of the molecule is COc1ccc2c(c1)C(=O)N[C@@]1(CC2)CCN(C(=O)c2cn(C)nc2C)C1. The highest BCUT2D eigenvalue weighted by molar-refractivity contribution is 5.98. The number of nitrogens with one attached hydrogen (secondary N) is 1. The van der Waals surface area contributed by atoms with Crippen molar-refractivity contribution < 1.29 is 14.3 Å². The molecule has 4 rings (SSSR count). The molecular weight excluding hydrogens is 344 g/mol. The van der Waals surface area contributed by atoms with Gasteiger partial charge in [0.15, 0.2) is 0 Å². The Hall–Kier alpha value is -2.83. The Morgan fingerprint density at radius 1 is 1.33 bits per heavy atom. The molecule has 0 bridgehead atoms. The van der Waals surface area contributed by atoms with Crippen molar-refractivity contribution in [2.24, 2.45) is 7.05 Å². The highest BCUT2D eigenvalue weighted by atomic mass is 16.5. The molecule has 0 aliphatic carbocycles. The maximum atomic E-state index is 12.9. The summed E-state index contributed by atoms with van der Waals surface area (Å²) < 4.78 is 6.91. The Morgan fingerprint density at radius 3 is 2.85 bits per heavy atom. The molecule has 27 heavy (non-hydrogen) atoms. The van der Waals surface area contributed by atoms with Crippen molar-refractivity contribution in [1.29, 1.82) is 0 Å². The Bertz CT molecular complexity index is 920. The quantitative estimate of drug-likeness (QED) is 0.875. The van der Waals surface area contributed by atoms with Gasteiger partial charge in [-0.3, -0.25) is 14.3 Å². The maximum absolute atomic E-state index is 12.9. The lowest BCUT2D eigenvalue weighted by molar-refractivity contribution is 0.0763. The minimum atomic E-state index is -0.380. The number of fused-ring (bicyclic) bond motifs is 1. The van der Waals surface area contributed by atoms with E-state index < -0.39 is 0 Å². The van der Waals surface area contributed by atoms with Gasteiger partial charge in [-0.15, -0.1) is 0 Å². The van der Waals surface area contributed by atoms with Crippen molar-refractivity contribution in [3.05, 3.63) is 46.8 Å². The average molecular weight is 368 g/mol. The third kappa shape index (κ3) is 3.07. The van der Waals surface area contributed by atoms with Crippen LogP contribution in [0.25, 0.3) is 0 Å². The number of hydrogen-bond acceptors (Lipinski definition) is 4. The molecule has 2 aliphatic heterocycles. The summed E-state index contributed by atoms with van der Waals surface area (Å²) in [7, 11) is 3.41. The summed E-state index contributed by atoms with van der Waals surface area (Å²) in [6, 6.07) is 5.64. The third-order valence-corrected chi connectivity index (χ3v) is 5.70. The molecule has 1 fully saturated rings. The van der Waals surface area contributed by atoms with E-state index in [1.54, 1.807) is 24.1 Å². The van der Waals surface area contributed by atoms with E-state index >= 15 is 0 Å². The smallest absolute Gasteiger partial charge is 0.257 e. The second-order valence-electron chi connectivity index (χ2n) is 7.54.